The molecule has 0 unspecified atom stereocenters. The topological polar surface area (TPSA) is 96.9 Å². The molecule has 3 aromatic rings. The Balaban J connectivity index is 1.64. The van der Waals surface area contributed by atoms with Crippen molar-refractivity contribution in [2.24, 2.45) is 0 Å². The maximum absolute atomic E-state index is 12.3. The fraction of sp³-hybridized carbons (Fsp3) is 0.316. The number of hydrogen-bond donors (Lipinski definition) is 3. The van der Waals surface area contributed by atoms with E-state index < -0.39 is 0 Å². The molecular formula is C19H24N6O2. The van der Waals surface area contributed by atoms with Crippen molar-refractivity contribution in [3.8, 4) is 11.4 Å². The van der Waals surface area contributed by atoms with E-state index in [9.17, 15) is 4.79 Å². The number of aromatic amines is 1. The van der Waals surface area contributed by atoms with Crippen LogP contribution in [-0.2, 0) is 6.42 Å². The van der Waals surface area contributed by atoms with E-state index in [-0.39, 0.29) is 6.03 Å². The van der Waals surface area contributed by atoms with Crippen molar-refractivity contribution in [3.63, 3.8) is 0 Å². The highest BCUT2D eigenvalue weighted by Crippen LogP contribution is 2.20. The zero-order valence-corrected chi connectivity index (χ0v) is 16.0. The van der Waals surface area contributed by atoms with Crippen LogP contribution in [0.2, 0.25) is 0 Å². The van der Waals surface area contributed by atoms with Gasteiger partial charge in [-0.05, 0) is 57.0 Å². The summed E-state index contributed by atoms with van der Waals surface area (Å²) in [6.45, 7) is 6.33. The molecule has 0 aliphatic rings. The Morgan fingerprint density at radius 2 is 1.96 bits per heavy atom. The third-order valence-electron chi connectivity index (χ3n) is 4.33. The van der Waals surface area contributed by atoms with Gasteiger partial charge in [-0.25, -0.2) is 9.48 Å². The number of hydrogen-bond acceptors (Lipinski definition) is 4. The molecule has 2 amide bonds. The van der Waals surface area contributed by atoms with Crippen molar-refractivity contribution < 1.29 is 9.53 Å². The van der Waals surface area contributed by atoms with Crippen LogP contribution in [0.15, 0.2) is 30.3 Å². The highest BCUT2D eigenvalue weighted by molar-refractivity contribution is 5.88. The number of benzene rings is 1. The third kappa shape index (κ3) is 4.28. The van der Waals surface area contributed by atoms with E-state index in [1.165, 1.54) is 0 Å². The minimum absolute atomic E-state index is 0.275. The van der Waals surface area contributed by atoms with Gasteiger partial charge in [0.25, 0.3) is 0 Å². The van der Waals surface area contributed by atoms with Crippen LogP contribution in [0.25, 0.3) is 5.69 Å². The molecular weight excluding hydrogens is 344 g/mol. The van der Waals surface area contributed by atoms with Crippen LogP contribution in [0.1, 0.15) is 22.6 Å². The quantitative estimate of drug-likeness (QED) is 0.623. The molecule has 0 bridgehead atoms. The fourth-order valence-corrected chi connectivity index (χ4v) is 2.91. The van der Waals surface area contributed by atoms with Crippen LogP contribution < -0.4 is 15.4 Å². The molecule has 2 heterocycles. The first-order valence-electron chi connectivity index (χ1n) is 8.74. The number of nitrogens with zero attached hydrogens (tertiary/aromatic N) is 3. The molecule has 2 aromatic heterocycles. The molecule has 0 aliphatic heterocycles. The van der Waals surface area contributed by atoms with Gasteiger partial charge >= 0.3 is 6.03 Å². The van der Waals surface area contributed by atoms with E-state index in [2.05, 4.69) is 25.9 Å². The largest absolute Gasteiger partial charge is 0.497 e. The van der Waals surface area contributed by atoms with Crippen LogP contribution >= 0.6 is 0 Å². The summed E-state index contributed by atoms with van der Waals surface area (Å²) in [6.07, 6.45) is 0.721. The number of nitrogens with one attached hydrogen (secondary N) is 3. The number of rotatable bonds is 6. The van der Waals surface area contributed by atoms with Crippen molar-refractivity contribution in [2.75, 3.05) is 19.0 Å². The first-order valence-corrected chi connectivity index (χ1v) is 8.74. The van der Waals surface area contributed by atoms with Gasteiger partial charge in [-0.15, -0.1) is 0 Å². The molecule has 27 heavy (non-hydrogen) atoms. The molecule has 142 valence electrons. The number of aryl methyl sites for hydroxylation is 3. The SMILES string of the molecule is COc1ccc(-n2nc(C)cc2NC(=O)NCCc2c(C)n[nH]c2C)cc1. The van der Waals surface area contributed by atoms with Crippen LogP contribution in [0.5, 0.6) is 5.75 Å². The average Bonchev–Trinajstić information content (AvgIpc) is 3.18. The molecule has 3 N–H and O–H groups in total. The Morgan fingerprint density at radius 1 is 1.22 bits per heavy atom. The number of carbonyl (C=O) groups is 1. The molecule has 8 heteroatoms. The summed E-state index contributed by atoms with van der Waals surface area (Å²) >= 11 is 0. The van der Waals surface area contributed by atoms with Crippen molar-refractivity contribution in [1.82, 2.24) is 25.3 Å². The summed E-state index contributed by atoms with van der Waals surface area (Å²) in [5, 5.41) is 17.3. The van der Waals surface area contributed by atoms with Gasteiger partial charge in [0.15, 0.2) is 0 Å². The Morgan fingerprint density at radius 3 is 2.59 bits per heavy atom. The molecule has 0 fully saturated rings. The van der Waals surface area contributed by atoms with E-state index in [0.29, 0.717) is 12.4 Å². The maximum Gasteiger partial charge on any atom is 0.320 e. The van der Waals surface area contributed by atoms with Crippen molar-refractivity contribution in [1.29, 1.82) is 0 Å². The van der Waals surface area contributed by atoms with E-state index in [0.717, 1.165) is 40.5 Å². The summed E-state index contributed by atoms with van der Waals surface area (Å²) in [5.41, 5.74) is 4.77. The zero-order chi connectivity index (χ0) is 19.4. The second kappa shape index (κ2) is 7.94. The smallest absolute Gasteiger partial charge is 0.320 e. The van der Waals surface area contributed by atoms with Gasteiger partial charge in [-0.2, -0.15) is 10.2 Å². The van der Waals surface area contributed by atoms with Gasteiger partial charge in [0.1, 0.15) is 11.6 Å². The van der Waals surface area contributed by atoms with Crippen LogP contribution in [0, 0.1) is 20.8 Å². The van der Waals surface area contributed by atoms with Crippen molar-refractivity contribution in [3.05, 3.63) is 53.0 Å². The molecule has 0 spiro atoms. The van der Waals surface area contributed by atoms with E-state index in [4.69, 9.17) is 4.74 Å². The fourth-order valence-electron chi connectivity index (χ4n) is 2.91. The minimum atomic E-state index is -0.275. The molecule has 1 aromatic carbocycles. The lowest BCUT2D eigenvalue weighted by atomic mass is 10.1. The van der Waals surface area contributed by atoms with E-state index >= 15 is 0 Å². The molecule has 0 saturated carbocycles. The lowest BCUT2D eigenvalue weighted by Crippen LogP contribution is -2.31. The van der Waals surface area contributed by atoms with Gasteiger partial charge in [0.2, 0.25) is 0 Å². The summed E-state index contributed by atoms with van der Waals surface area (Å²) in [5.74, 6) is 1.37. The number of methoxy groups -OCH3 is 1. The van der Waals surface area contributed by atoms with Crippen LogP contribution in [0.3, 0.4) is 0 Å². The molecule has 0 radical (unpaired) electrons. The first-order chi connectivity index (χ1) is 13.0. The standard InChI is InChI=1S/C19H24N6O2/c1-12-11-18(25(24-12)15-5-7-16(27-4)8-6-15)21-19(26)20-10-9-17-13(2)22-23-14(17)3/h5-8,11H,9-10H2,1-4H3,(H,22,23)(H2,20,21,26). The van der Waals surface area contributed by atoms with Crippen LogP contribution in [0.4, 0.5) is 10.6 Å². The Bertz CT molecular complexity index is 907. The number of ether oxygens (including phenoxy) is 1. The van der Waals surface area contributed by atoms with Gasteiger partial charge in [-0.3, -0.25) is 10.4 Å². The summed E-state index contributed by atoms with van der Waals surface area (Å²) in [7, 11) is 1.62. The normalized spacial score (nSPS) is 10.7. The molecule has 0 saturated heterocycles. The average molecular weight is 368 g/mol. The molecule has 8 nitrogen and oxygen atoms in total. The first kappa shape index (κ1) is 18.5. The molecule has 0 aliphatic carbocycles. The Labute approximate surface area is 157 Å². The maximum atomic E-state index is 12.3. The predicted molar refractivity (Wildman–Crippen MR) is 104 cm³/mol. The Hall–Kier alpha value is -3.29. The zero-order valence-electron chi connectivity index (χ0n) is 16.0. The molecule has 3 rings (SSSR count). The van der Waals surface area contributed by atoms with Crippen molar-refractivity contribution >= 4 is 11.8 Å². The van der Waals surface area contributed by atoms with Gasteiger partial charge in [0, 0.05) is 18.3 Å². The number of anilines is 1. The number of amides is 2. The molecule has 0 atom stereocenters. The van der Waals surface area contributed by atoms with E-state index in [1.807, 2.05) is 51.1 Å². The van der Waals surface area contributed by atoms with Crippen LogP contribution in [-0.4, -0.2) is 39.7 Å². The van der Waals surface area contributed by atoms with Gasteiger partial charge in [-0.1, -0.05) is 0 Å². The third-order valence-corrected chi connectivity index (χ3v) is 4.33. The van der Waals surface area contributed by atoms with E-state index in [1.54, 1.807) is 11.8 Å². The predicted octanol–water partition coefficient (Wildman–Crippen LogP) is 2.89. The van der Waals surface area contributed by atoms with Gasteiger partial charge in [0.05, 0.1) is 24.2 Å². The second-order valence-corrected chi connectivity index (χ2v) is 6.32. The highest BCUT2D eigenvalue weighted by atomic mass is 16.5. The lowest BCUT2D eigenvalue weighted by molar-refractivity contribution is 0.252. The van der Waals surface area contributed by atoms with Crippen molar-refractivity contribution in [2.45, 2.75) is 27.2 Å². The number of carbonyl (C=O) groups excluding carboxylic acids is 1. The number of aromatic nitrogens is 4. The summed E-state index contributed by atoms with van der Waals surface area (Å²) in [4.78, 5) is 12.3. The number of urea groups is 1. The highest BCUT2D eigenvalue weighted by Gasteiger charge is 2.12. The Kier molecular flexibility index (Phi) is 5.44. The number of H-pyrrole nitrogens is 1. The second-order valence-electron chi connectivity index (χ2n) is 6.32. The lowest BCUT2D eigenvalue weighted by Gasteiger charge is -2.10. The minimum Gasteiger partial charge on any atom is -0.497 e. The van der Waals surface area contributed by atoms with Gasteiger partial charge < -0.3 is 10.1 Å². The summed E-state index contributed by atoms with van der Waals surface area (Å²) in [6, 6.07) is 9.03. The summed E-state index contributed by atoms with van der Waals surface area (Å²) < 4.78 is 6.87. The monoisotopic (exact) mass is 368 g/mol.